The van der Waals surface area contributed by atoms with E-state index in [1.54, 1.807) is 13.0 Å². The molecule has 2 aromatic rings. The third kappa shape index (κ3) is 2.64. The number of hydrogen-bond donors (Lipinski definition) is 2. The fraction of sp³-hybridized carbons (Fsp3) is 0.111. The zero-order valence-electron chi connectivity index (χ0n) is 8.81. The van der Waals surface area contributed by atoms with Crippen LogP contribution in [0.2, 0.25) is 0 Å². The highest BCUT2D eigenvalue weighted by atomic mass is 79.9. The van der Waals surface area contributed by atoms with E-state index in [2.05, 4.69) is 35.8 Å². The van der Waals surface area contributed by atoms with Crippen molar-refractivity contribution in [2.24, 2.45) is 0 Å². The van der Waals surface area contributed by atoms with Gasteiger partial charge in [-0.25, -0.2) is 4.98 Å². The van der Waals surface area contributed by atoms with Gasteiger partial charge in [0.05, 0.1) is 6.20 Å². The third-order valence-electron chi connectivity index (χ3n) is 2.04. The summed E-state index contributed by atoms with van der Waals surface area (Å²) in [4.78, 5) is 4.00. The van der Waals surface area contributed by atoms with Gasteiger partial charge in [0.15, 0.2) is 5.03 Å². The highest BCUT2D eigenvalue weighted by Gasteiger charge is 2.17. The second-order valence-corrected chi connectivity index (χ2v) is 5.91. The Hall–Kier alpha value is -1.41. The number of aromatic amines is 1. The van der Waals surface area contributed by atoms with Gasteiger partial charge in [-0.2, -0.15) is 13.5 Å². The van der Waals surface area contributed by atoms with Crippen molar-refractivity contribution in [2.75, 3.05) is 4.72 Å². The molecule has 2 aromatic heterocycles. The van der Waals surface area contributed by atoms with E-state index in [1.807, 2.05) is 0 Å². The Morgan fingerprint density at radius 3 is 2.82 bits per heavy atom. The first kappa shape index (κ1) is 12.1. The van der Waals surface area contributed by atoms with Gasteiger partial charge in [-0.1, -0.05) is 0 Å². The second kappa shape index (κ2) is 4.46. The van der Waals surface area contributed by atoms with Crippen molar-refractivity contribution in [3.63, 3.8) is 0 Å². The monoisotopic (exact) mass is 316 g/mol. The van der Waals surface area contributed by atoms with Gasteiger partial charge >= 0.3 is 0 Å². The average Bonchev–Trinajstić information content (AvgIpc) is 2.76. The number of aromatic nitrogens is 3. The minimum absolute atomic E-state index is 0.00150. The maximum absolute atomic E-state index is 11.9. The van der Waals surface area contributed by atoms with E-state index < -0.39 is 10.0 Å². The molecule has 0 atom stereocenters. The Balaban J connectivity index is 2.33. The van der Waals surface area contributed by atoms with E-state index in [4.69, 9.17) is 0 Å². The zero-order chi connectivity index (χ0) is 12.5. The SMILES string of the molecule is Cc1cc(Br)cnc1NS(=O)(=O)c1ccn[nH]1. The largest absolute Gasteiger partial charge is 0.279 e. The fourth-order valence-corrected chi connectivity index (χ4v) is 2.66. The lowest BCUT2D eigenvalue weighted by atomic mass is 10.3. The first-order chi connectivity index (χ1) is 7.99. The molecule has 0 fully saturated rings. The summed E-state index contributed by atoms with van der Waals surface area (Å²) >= 11 is 3.26. The summed E-state index contributed by atoms with van der Waals surface area (Å²) in [6.45, 7) is 1.77. The van der Waals surface area contributed by atoms with E-state index in [1.165, 1.54) is 18.5 Å². The lowest BCUT2D eigenvalue weighted by molar-refractivity contribution is 0.597. The molecule has 2 rings (SSSR count). The summed E-state index contributed by atoms with van der Waals surface area (Å²) < 4.78 is 26.9. The predicted octanol–water partition coefficient (Wildman–Crippen LogP) is 1.68. The number of pyridine rings is 1. The summed E-state index contributed by atoms with van der Waals surface area (Å²) in [5, 5.41) is 5.99. The molecule has 0 saturated carbocycles. The average molecular weight is 317 g/mol. The molecular formula is C9H9BrN4O2S. The van der Waals surface area contributed by atoms with Gasteiger partial charge in [-0.05, 0) is 40.5 Å². The van der Waals surface area contributed by atoms with Crippen molar-refractivity contribution in [1.82, 2.24) is 15.2 Å². The van der Waals surface area contributed by atoms with Gasteiger partial charge in [0.25, 0.3) is 10.0 Å². The molecule has 0 unspecified atom stereocenters. The number of sulfonamides is 1. The number of halogens is 1. The Morgan fingerprint density at radius 1 is 1.47 bits per heavy atom. The summed E-state index contributed by atoms with van der Waals surface area (Å²) in [6, 6.07) is 3.15. The van der Waals surface area contributed by atoms with Gasteiger partial charge in [0, 0.05) is 10.7 Å². The molecule has 0 aliphatic carbocycles. The van der Waals surface area contributed by atoms with Crippen molar-refractivity contribution in [3.05, 3.63) is 34.6 Å². The molecule has 0 spiro atoms. The van der Waals surface area contributed by atoms with Crippen LogP contribution >= 0.6 is 15.9 Å². The highest BCUT2D eigenvalue weighted by molar-refractivity contribution is 9.10. The van der Waals surface area contributed by atoms with Crippen LogP contribution in [0.25, 0.3) is 0 Å². The summed E-state index contributed by atoms with van der Waals surface area (Å²) in [5.41, 5.74) is 0.725. The molecular weight excluding hydrogens is 308 g/mol. The maximum atomic E-state index is 11.9. The topological polar surface area (TPSA) is 87.7 Å². The van der Waals surface area contributed by atoms with Crippen molar-refractivity contribution < 1.29 is 8.42 Å². The first-order valence-electron chi connectivity index (χ1n) is 4.63. The number of anilines is 1. The molecule has 0 bridgehead atoms. The zero-order valence-corrected chi connectivity index (χ0v) is 11.2. The van der Waals surface area contributed by atoms with E-state index in [9.17, 15) is 8.42 Å². The van der Waals surface area contributed by atoms with Crippen molar-refractivity contribution in [2.45, 2.75) is 11.9 Å². The van der Waals surface area contributed by atoms with Crippen LogP contribution in [0.4, 0.5) is 5.82 Å². The van der Waals surface area contributed by atoms with Crippen LogP contribution in [0.1, 0.15) is 5.56 Å². The quantitative estimate of drug-likeness (QED) is 0.901. The fourth-order valence-electron chi connectivity index (χ4n) is 1.22. The normalized spacial score (nSPS) is 11.4. The number of rotatable bonds is 3. The van der Waals surface area contributed by atoms with Crippen LogP contribution < -0.4 is 4.72 Å². The standard InChI is InChI=1S/C9H9BrN4O2S/c1-6-4-7(10)5-11-9(6)14-17(15,16)8-2-3-12-13-8/h2-5H,1H3,(H,11,14)(H,12,13). The molecule has 6 nitrogen and oxygen atoms in total. The van der Waals surface area contributed by atoms with Crippen molar-refractivity contribution in [3.8, 4) is 0 Å². The van der Waals surface area contributed by atoms with E-state index in [-0.39, 0.29) is 5.03 Å². The molecule has 2 N–H and O–H groups in total. The predicted molar refractivity (Wildman–Crippen MR) is 66.1 cm³/mol. The summed E-state index contributed by atoms with van der Waals surface area (Å²) in [7, 11) is -3.65. The van der Waals surface area contributed by atoms with Gasteiger partial charge in [-0.15, -0.1) is 0 Å². The Kier molecular flexibility index (Phi) is 3.16. The maximum Gasteiger partial charge on any atom is 0.279 e. The number of hydrogen-bond acceptors (Lipinski definition) is 4. The van der Waals surface area contributed by atoms with E-state index in [0.29, 0.717) is 5.82 Å². The molecule has 0 aliphatic heterocycles. The minimum atomic E-state index is -3.65. The molecule has 2 heterocycles. The van der Waals surface area contributed by atoms with E-state index >= 15 is 0 Å². The third-order valence-corrected chi connectivity index (χ3v) is 3.74. The molecule has 0 amide bonds. The van der Waals surface area contributed by atoms with Crippen LogP contribution in [0, 0.1) is 6.92 Å². The van der Waals surface area contributed by atoms with E-state index in [0.717, 1.165) is 10.0 Å². The number of aryl methyl sites for hydroxylation is 1. The smallest absolute Gasteiger partial charge is 0.266 e. The number of H-pyrrole nitrogens is 1. The first-order valence-corrected chi connectivity index (χ1v) is 6.91. The molecule has 0 aromatic carbocycles. The second-order valence-electron chi connectivity index (χ2n) is 3.35. The van der Waals surface area contributed by atoms with Crippen molar-refractivity contribution in [1.29, 1.82) is 0 Å². The minimum Gasteiger partial charge on any atom is -0.266 e. The Bertz CT molecular complexity index is 624. The van der Waals surface area contributed by atoms with Crippen LogP contribution in [-0.2, 0) is 10.0 Å². The molecule has 8 heteroatoms. The van der Waals surface area contributed by atoms with Gasteiger partial charge in [0.2, 0.25) is 0 Å². The van der Waals surface area contributed by atoms with Gasteiger partial charge in [0.1, 0.15) is 5.82 Å². The van der Waals surface area contributed by atoms with Gasteiger partial charge < -0.3 is 0 Å². The van der Waals surface area contributed by atoms with Crippen LogP contribution in [0.5, 0.6) is 0 Å². The highest BCUT2D eigenvalue weighted by Crippen LogP contribution is 2.19. The molecule has 0 aliphatic rings. The summed E-state index contributed by atoms with van der Waals surface area (Å²) in [6.07, 6.45) is 2.90. The number of nitrogens with zero attached hydrogens (tertiary/aromatic N) is 2. The molecule has 90 valence electrons. The number of nitrogens with one attached hydrogen (secondary N) is 2. The summed E-state index contributed by atoms with van der Waals surface area (Å²) in [5.74, 6) is 0.294. The molecule has 0 saturated heterocycles. The van der Waals surface area contributed by atoms with Crippen LogP contribution in [0.15, 0.2) is 34.0 Å². The van der Waals surface area contributed by atoms with Gasteiger partial charge in [-0.3, -0.25) is 9.82 Å². The lowest BCUT2D eigenvalue weighted by Gasteiger charge is -2.07. The molecule has 0 radical (unpaired) electrons. The van der Waals surface area contributed by atoms with Crippen LogP contribution in [-0.4, -0.2) is 23.6 Å². The van der Waals surface area contributed by atoms with Crippen LogP contribution in [0.3, 0.4) is 0 Å². The lowest BCUT2D eigenvalue weighted by Crippen LogP contribution is -2.15. The van der Waals surface area contributed by atoms with Crippen molar-refractivity contribution >= 4 is 31.8 Å². The Labute approximate surface area is 107 Å². The molecule has 17 heavy (non-hydrogen) atoms. The Morgan fingerprint density at radius 2 is 2.24 bits per heavy atom.